The highest BCUT2D eigenvalue weighted by Gasteiger charge is 2.19. The molecule has 0 aliphatic rings. The Bertz CT molecular complexity index is 737. The summed E-state index contributed by atoms with van der Waals surface area (Å²) in [7, 11) is 0. The third-order valence-corrected chi connectivity index (χ3v) is 3.63. The van der Waals surface area contributed by atoms with Crippen LogP contribution in [0, 0.1) is 0 Å². The molecule has 3 N–H and O–H groups in total. The van der Waals surface area contributed by atoms with Gasteiger partial charge in [-0.25, -0.2) is 0 Å². The molecule has 0 fully saturated rings. The second-order valence-electron chi connectivity index (χ2n) is 3.95. The van der Waals surface area contributed by atoms with Crippen LogP contribution in [0.5, 0.6) is 0 Å². The number of aromatic amines is 1. The average molecular weight is 308 g/mol. The number of hydrogen-bond donors (Lipinski definition) is 2. The predicted octanol–water partition coefficient (Wildman–Crippen LogP) is 3.08. The predicted molar refractivity (Wildman–Crippen MR) is 78.5 cm³/mol. The molecule has 8 heteroatoms. The van der Waals surface area contributed by atoms with Gasteiger partial charge in [0.2, 0.25) is 5.82 Å². The van der Waals surface area contributed by atoms with Crippen molar-refractivity contribution in [1.82, 2.24) is 20.3 Å². The molecule has 0 bridgehead atoms. The lowest BCUT2D eigenvalue weighted by molar-refractivity contribution is 0.431. The lowest BCUT2D eigenvalue weighted by Crippen LogP contribution is -1.88. The van der Waals surface area contributed by atoms with Crippen LogP contribution >= 0.6 is 23.4 Å². The lowest BCUT2D eigenvalue weighted by atomic mass is 10.2. The van der Waals surface area contributed by atoms with Gasteiger partial charge in [-0.3, -0.25) is 5.10 Å². The van der Waals surface area contributed by atoms with E-state index in [2.05, 4.69) is 20.3 Å². The van der Waals surface area contributed by atoms with Crippen LogP contribution in [0.15, 0.2) is 33.8 Å². The van der Waals surface area contributed by atoms with Gasteiger partial charge in [-0.05, 0) is 30.5 Å². The van der Waals surface area contributed by atoms with Crippen LogP contribution in [0.3, 0.4) is 0 Å². The number of nitrogens with two attached hydrogens (primary N) is 1. The van der Waals surface area contributed by atoms with E-state index in [0.29, 0.717) is 33.1 Å². The fourth-order valence-electron chi connectivity index (χ4n) is 1.73. The number of hydrogen-bond acceptors (Lipinski definition) is 6. The first-order valence-corrected chi connectivity index (χ1v) is 7.27. The molecule has 2 heterocycles. The monoisotopic (exact) mass is 307 g/mol. The minimum atomic E-state index is 0.338. The summed E-state index contributed by atoms with van der Waals surface area (Å²) >= 11 is 7.30. The van der Waals surface area contributed by atoms with Gasteiger partial charge in [0.15, 0.2) is 0 Å². The molecule has 0 saturated carbocycles. The van der Waals surface area contributed by atoms with E-state index in [1.54, 1.807) is 12.1 Å². The molecule has 0 unspecified atom stereocenters. The van der Waals surface area contributed by atoms with E-state index >= 15 is 0 Å². The fourth-order valence-corrected chi connectivity index (χ4v) is 2.40. The molecule has 0 amide bonds. The van der Waals surface area contributed by atoms with Crippen LogP contribution in [0.25, 0.3) is 22.8 Å². The number of benzene rings is 1. The molecule has 2 aromatic heterocycles. The molecular formula is C12H10ClN5OS. The van der Waals surface area contributed by atoms with Crippen LogP contribution in [-0.2, 0) is 0 Å². The summed E-state index contributed by atoms with van der Waals surface area (Å²) in [6.45, 7) is 0. The Morgan fingerprint density at radius 1 is 1.30 bits per heavy atom. The van der Waals surface area contributed by atoms with Crippen LogP contribution in [-0.4, -0.2) is 26.6 Å². The van der Waals surface area contributed by atoms with E-state index in [4.69, 9.17) is 21.9 Å². The topological polar surface area (TPSA) is 93.6 Å². The summed E-state index contributed by atoms with van der Waals surface area (Å²) in [5.41, 5.74) is 7.29. The van der Waals surface area contributed by atoms with Gasteiger partial charge in [-0.15, -0.1) is 11.8 Å². The molecule has 3 rings (SSSR count). The average Bonchev–Trinajstić information content (AvgIpc) is 3.05. The Kier molecular flexibility index (Phi) is 3.37. The minimum Gasteiger partial charge on any atom is -0.383 e. The van der Waals surface area contributed by atoms with E-state index in [9.17, 15) is 0 Å². The third-order valence-electron chi connectivity index (χ3n) is 2.70. The van der Waals surface area contributed by atoms with Gasteiger partial charge in [0.25, 0.3) is 5.89 Å². The highest BCUT2D eigenvalue weighted by Crippen LogP contribution is 2.33. The Balaban J connectivity index is 2.02. The van der Waals surface area contributed by atoms with E-state index in [1.165, 1.54) is 11.8 Å². The quantitative estimate of drug-likeness (QED) is 0.722. The van der Waals surface area contributed by atoms with Crippen LogP contribution in [0.2, 0.25) is 5.02 Å². The Morgan fingerprint density at radius 3 is 2.75 bits per heavy atom. The molecule has 20 heavy (non-hydrogen) atoms. The summed E-state index contributed by atoms with van der Waals surface area (Å²) in [6, 6.07) is 7.19. The van der Waals surface area contributed by atoms with Gasteiger partial charge in [-0.1, -0.05) is 16.8 Å². The normalized spacial score (nSPS) is 10.9. The first-order chi connectivity index (χ1) is 9.69. The number of thioether (sulfide) groups is 1. The maximum absolute atomic E-state index is 5.85. The maximum atomic E-state index is 5.85. The van der Waals surface area contributed by atoms with Crippen molar-refractivity contribution in [2.24, 2.45) is 0 Å². The van der Waals surface area contributed by atoms with Gasteiger partial charge < -0.3 is 10.3 Å². The van der Waals surface area contributed by atoms with E-state index in [0.717, 1.165) is 5.56 Å². The van der Waals surface area contributed by atoms with Crippen molar-refractivity contribution in [2.75, 3.05) is 12.0 Å². The van der Waals surface area contributed by atoms with Crippen molar-refractivity contribution >= 4 is 29.2 Å². The smallest absolute Gasteiger partial charge is 0.264 e. The van der Waals surface area contributed by atoms with Crippen LogP contribution in [0.1, 0.15) is 0 Å². The molecule has 0 saturated heterocycles. The lowest BCUT2D eigenvalue weighted by Gasteiger charge is -1.94. The summed E-state index contributed by atoms with van der Waals surface area (Å²) in [6.07, 6.45) is 1.90. The number of nitrogens with one attached hydrogen (secondary N) is 1. The van der Waals surface area contributed by atoms with E-state index in [-0.39, 0.29) is 0 Å². The number of nitrogens with zero attached hydrogens (tertiary/aromatic N) is 3. The van der Waals surface area contributed by atoms with Crippen molar-refractivity contribution in [3.8, 4) is 22.8 Å². The number of anilines is 1. The van der Waals surface area contributed by atoms with Gasteiger partial charge in [0.05, 0.1) is 0 Å². The molecule has 1 aromatic carbocycles. The van der Waals surface area contributed by atoms with Gasteiger partial charge in [-0.2, -0.15) is 10.1 Å². The number of H-pyrrole nitrogens is 1. The SMILES string of the molecule is CSc1n[nH]c(N)c1-c1nc(-c2ccc(Cl)cc2)no1. The zero-order valence-electron chi connectivity index (χ0n) is 10.4. The van der Waals surface area contributed by atoms with Crippen molar-refractivity contribution in [2.45, 2.75) is 5.03 Å². The highest BCUT2D eigenvalue weighted by atomic mass is 35.5. The fraction of sp³-hybridized carbons (Fsp3) is 0.0833. The van der Waals surface area contributed by atoms with Crippen LogP contribution < -0.4 is 5.73 Å². The molecule has 102 valence electrons. The molecule has 3 aromatic rings. The molecule has 0 atom stereocenters. The second-order valence-corrected chi connectivity index (χ2v) is 5.18. The molecular weight excluding hydrogens is 298 g/mol. The summed E-state index contributed by atoms with van der Waals surface area (Å²) in [4.78, 5) is 4.35. The first-order valence-electron chi connectivity index (χ1n) is 5.67. The minimum absolute atomic E-state index is 0.338. The zero-order valence-corrected chi connectivity index (χ0v) is 12.0. The highest BCUT2D eigenvalue weighted by molar-refractivity contribution is 7.98. The Morgan fingerprint density at radius 2 is 2.05 bits per heavy atom. The zero-order chi connectivity index (χ0) is 14.1. The Labute approximate surface area is 123 Å². The van der Waals surface area contributed by atoms with E-state index in [1.807, 2.05) is 18.4 Å². The standard InChI is InChI=1S/C12H10ClN5OS/c1-20-12-8(9(14)16-17-12)11-15-10(18-19-11)6-2-4-7(13)5-3-6/h2-5H,1H3,(H3,14,16,17). The maximum Gasteiger partial charge on any atom is 0.264 e. The molecule has 6 nitrogen and oxygen atoms in total. The summed E-state index contributed by atoms with van der Waals surface area (Å²) in [5.74, 6) is 1.22. The molecule has 0 spiro atoms. The van der Waals surface area contributed by atoms with Crippen molar-refractivity contribution < 1.29 is 4.52 Å². The number of nitrogen functional groups attached to an aromatic ring is 1. The van der Waals surface area contributed by atoms with Crippen LogP contribution in [0.4, 0.5) is 5.82 Å². The van der Waals surface area contributed by atoms with Gasteiger partial charge in [0.1, 0.15) is 16.4 Å². The summed E-state index contributed by atoms with van der Waals surface area (Å²) in [5, 5.41) is 12.1. The summed E-state index contributed by atoms with van der Waals surface area (Å²) < 4.78 is 5.27. The molecule has 0 aliphatic carbocycles. The number of aromatic nitrogens is 4. The van der Waals surface area contributed by atoms with Gasteiger partial charge >= 0.3 is 0 Å². The molecule has 0 radical (unpaired) electrons. The van der Waals surface area contributed by atoms with E-state index < -0.39 is 0 Å². The van der Waals surface area contributed by atoms with Gasteiger partial charge in [0, 0.05) is 10.6 Å². The van der Waals surface area contributed by atoms with Crippen molar-refractivity contribution in [3.63, 3.8) is 0 Å². The molecule has 0 aliphatic heterocycles. The number of rotatable bonds is 3. The van der Waals surface area contributed by atoms with Crippen molar-refractivity contribution in [3.05, 3.63) is 29.3 Å². The Hall–Kier alpha value is -1.99. The number of halogens is 1. The third kappa shape index (κ3) is 2.25. The largest absolute Gasteiger partial charge is 0.383 e. The van der Waals surface area contributed by atoms with Crippen molar-refractivity contribution in [1.29, 1.82) is 0 Å². The second kappa shape index (κ2) is 5.18. The first kappa shape index (κ1) is 13.0.